The molecule has 0 spiro atoms. The highest BCUT2D eigenvalue weighted by molar-refractivity contribution is 6.23. The molecule has 1 aliphatic rings. The van der Waals surface area contributed by atoms with Crippen molar-refractivity contribution in [1.29, 1.82) is 0 Å². The summed E-state index contributed by atoms with van der Waals surface area (Å²) < 4.78 is 43.4. The Morgan fingerprint density at radius 2 is 1.72 bits per heavy atom. The predicted molar refractivity (Wildman–Crippen MR) is 137 cm³/mol. The van der Waals surface area contributed by atoms with Crippen LogP contribution in [0.25, 0.3) is 0 Å². The molecule has 0 aliphatic carbocycles. The molecule has 12 heteroatoms. The summed E-state index contributed by atoms with van der Waals surface area (Å²) in [6, 6.07) is 13.6. The van der Waals surface area contributed by atoms with Gasteiger partial charge >= 0.3 is 12.4 Å². The zero-order valence-electron chi connectivity index (χ0n) is 21.1. The highest BCUT2D eigenvalue weighted by Crippen LogP contribution is 2.38. The number of anilines is 2. The molecule has 0 bridgehead atoms. The van der Waals surface area contributed by atoms with Crippen LogP contribution >= 0.6 is 0 Å². The molecule has 1 atom stereocenters. The summed E-state index contributed by atoms with van der Waals surface area (Å²) in [5, 5.41) is 2.36. The van der Waals surface area contributed by atoms with Crippen molar-refractivity contribution < 1.29 is 32.3 Å². The van der Waals surface area contributed by atoms with E-state index >= 15 is 0 Å². The third-order valence-electron chi connectivity index (χ3n) is 6.25. The quantitative estimate of drug-likeness (QED) is 0.412. The third-order valence-corrected chi connectivity index (χ3v) is 6.25. The Morgan fingerprint density at radius 1 is 1.05 bits per heavy atom. The van der Waals surface area contributed by atoms with Crippen LogP contribution < -0.4 is 20.7 Å². The lowest BCUT2D eigenvalue weighted by atomic mass is 10.0. The van der Waals surface area contributed by atoms with E-state index in [0.29, 0.717) is 0 Å². The zero-order chi connectivity index (χ0) is 28.4. The molecule has 2 aromatic carbocycles. The number of benzene rings is 2. The molecule has 4 rings (SSSR count). The number of hydrogen-bond acceptors (Lipinski definition) is 6. The van der Waals surface area contributed by atoms with Gasteiger partial charge in [0, 0.05) is 18.9 Å². The van der Waals surface area contributed by atoms with Gasteiger partial charge < -0.3 is 20.7 Å². The number of carbonyl (C=O) groups excluding carboxylic acids is 3. The molecule has 1 aliphatic heterocycles. The number of rotatable bonds is 8. The number of carbonyl (C=O) groups is 3. The summed E-state index contributed by atoms with van der Waals surface area (Å²) in [5.41, 5.74) is 5.78. The van der Waals surface area contributed by atoms with Gasteiger partial charge in [-0.3, -0.25) is 14.6 Å². The lowest BCUT2D eigenvalue weighted by Crippen LogP contribution is -2.43. The summed E-state index contributed by atoms with van der Waals surface area (Å²) in [6.07, 6.45) is -1.82. The molecule has 1 aromatic heterocycles. The number of nitrogens with one attached hydrogen (secondary N) is 1. The summed E-state index contributed by atoms with van der Waals surface area (Å²) >= 11 is 0. The summed E-state index contributed by atoms with van der Waals surface area (Å²) in [4.78, 5) is 45.7. The zero-order valence-corrected chi connectivity index (χ0v) is 21.1. The Labute approximate surface area is 222 Å². The van der Waals surface area contributed by atoms with Gasteiger partial charge in [0.05, 0.1) is 17.4 Å². The average molecular weight is 542 g/mol. The molecular weight excluding hydrogens is 515 g/mol. The van der Waals surface area contributed by atoms with Crippen LogP contribution in [0.2, 0.25) is 0 Å². The Kier molecular flexibility index (Phi) is 7.59. The first kappa shape index (κ1) is 27.6. The maximum Gasteiger partial charge on any atom is 0.573 e. The van der Waals surface area contributed by atoms with Crippen molar-refractivity contribution in [3.63, 3.8) is 0 Å². The van der Waals surface area contributed by atoms with Crippen molar-refractivity contribution in [3.8, 4) is 5.75 Å². The maximum atomic E-state index is 13.4. The summed E-state index contributed by atoms with van der Waals surface area (Å²) in [7, 11) is 0. The molecule has 1 saturated heterocycles. The lowest BCUT2D eigenvalue weighted by Gasteiger charge is -2.27. The molecule has 2 heterocycles. The predicted octanol–water partition coefficient (Wildman–Crippen LogP) is 4.24. The minimum absolute atomic E-state index is 0.0447. The summed E-state index contributed by atoms with van der Waals surface area (Å²) in [5.74, 6) is -2.09. The van der Waals surface area contributed by atoms with E-state index in [1.165, 1.54) is 4.90 Å². The van der Waals surface area contributed by atoms with Crippen molar-refractivity contribution in [2.24, 2.45) is 5.73 Å². The fourth-order valence-corrected chi connectivity index (χ4v) is 4.15. The second kappa shape index (κ2) is 10.7. The van der Waals surface area contributed by atoms with Crippen LogP contribution in [0.1, 0.15) is 25.0 Å². The van der Waals surface area contributed by atoms with E-state index < -0.39 is 47.2 Å². The van der Waals surface area contributed by atoms with Gasteiger partial charge in [-0.05, 0) is 61.7 Å². The maximum absolute atomic E-state index is 13.4. The van der Waals surface area contributed by atoms with Gasteiger partial charge in [-0.25, -0.2) is 9.69 Å². The highest BCUT2D eigenvalue weighted by atomic mass is 19.4. The van der Waals surface area contributed by atoms with E-state index in [9.17, 15) is 27.6 Å². The second-order valence-corrected chi connectivity index (χ2v) is 9.44. The molecular formula is C27H26F3N5O4. The number of halogens is 3. The molecule has 0 radical (unpaired) electrons. The molecule has 39 heavy (non-hydrogen) atoms. The largest absolute Gasteiger partial charge is 0.573 e. The van der Waals surface area contributed by atoms with E-state index in [1.54, 1.807) is 68.7 Å². The summed E-state index contributed by atoms with van der Waals surface area (Å²) in [6.45, 7) is 3.24. The molecule has 204 valence electrons. The molecule has 0 saturated carbocycles. The number of ether oxygens (including phenoxy) is 1. The van der Waals surface area contributed by atoms with E-state index in [1.807, 2.05) is 0 Å². The van der Waals surface area contributed by atoms with Gasteiger partial charge in [0.25, 0.3) is 5.91 Å². The molecule has 3 aromatic rings. The first-order valence-electron chi connectivity index (χ1n) is 11.9. The van der Waals surface area contributed by atoms with Gasteiger partial charge in [0.1, 0.15) is 5.54 Å². The molecule has 0 unspecified atom stereocenters. The van der Waals surface area contributed by atoms with Gasteiger partial charge in [-0.15, -0.1) is 13.2 Å². The first-order chi connectivity index (χ1) is 18.4. The lowest BCUT2D eigenvalue weighted by molar-refractivity contribution is -0.274. The fourth-order valence-electron chi connectivity index (χ4n) is 4.15. The van der Waals surface area contributed by atoms with Crippen LogP contribution in [-0.4, -0.2) is 45.7 Å². The van der Waals surface area contributed by atoms with Crippen molar-refractivity contribution in [2.45, 2.75) is 44.8 Å². The Balaban J connectivity index is 1.63. The van der Waals surface area contributed by atoms with Crippen molar-refractivity contribution in [3.05, 3.63) is 84.2 Å². The Hall–Kier alpha value is -4.45. The number of nitrogens with zero attached hydrogens (tertiary/aromatic N) is 3. The smallest absolute Gasteiger partial charge is 0.404 e. The topological polar surface area (TPSA) is 118 Å². The molecule has 3 N–H and O–H groups in total. The van der Waals surface area contributed by atoms with E-state index in [-0.39, 0.29) is 18.7 Å². The first-order valence-corrected chi connectivity index (χ1v) is 11.9. The number of alkyl halides is 3. The number of nitrogens with two attached hydrogens (primary N) is 1. The number of hydrogen-bond donors (Lipinski definition) is 2. The van der Waals surface area contributed by atoms with Crippen molar-refractivity contribution in [1.82, 2.24) is 9.88 Å². The average Bonchev–Trinajstić information content (AvgIpc) is 3.04. The third kappa shape index (κ3) is 6.17. The van der Waals surface area contributed by atoms with Gasteiger partial charge in [-0.1, -0.05) is 30.3 Å². The number of aromatic nitrogens is 1. The standard InChI is InChI=1S/C27H26F3N5O4/c1-26(2)24(37)35(25(38)34(26)16-18-10-12-32-13-11-18)19-8-9-22(39-27(28,29)30)21(15-19)33-23(36)20(31)14-17-6-4-3-5-7-17/h3-13,15,20H,14,16,31H2,1-2H3,(H,33,36)/t20-/m1/s1. The number of pyridine rings is 1. The SMILES string of the molecule is CC1(C)C(=O)N(c2ccc(OC(F)(F)F)c(NC(=O)[C@H](N)Cc3ccccc3)c2)C(=O)N1Cc1ccncc1. The monoisotopic (exact) mass is 541 g/mol. The van der Waals surface area contributed by atoms with Crippen LogP contribution in [0, 0.1) is 0 Å². The highest BCUT2D eigenvalue weighted by Gasteiger charge is 2.52. The van der Waals surface area contributed by atoms with E-state index in [0.717, 1.165) is 34.2 Å². The Bertz CT molecular complexity index is 1370. The van der Waals surface area contributed by atoms with Gasteiger partial charge in [-0.2, -0.15) is 0 Å². The molecule has 9 nitrogen and oxygen atoms in total. The molecule has 1 fully saturated rings. The van der Waals surface area contributed by atoms with Crippen LogP contribution in [0.3, 0.4) is 0 Å². The van der Waals surface area contributed by atoms with E-state index in [4.69, 9.17) is 5.73 Å². The minimum Gasteiger partial charge on any atom is -0.404 e. The second-order valence-electron chi connectivity index (χ2n) is 9.44. The minimum atomic E-state index is -5.06. The van der Waals surface area contributed by atoms with Crippen LogP contribution in [0.5, 0.6) is 5.75 Å². The van der Waals surface area contributed by atoms with Crippen LogP contribution in [0.15, 0.2) is 73.1 Å². The van der Waals surface area contributed by atoms with Crippen molar-refractivity contribution in [2.75, 3.05) is 10.2 Å². The van der Waals surface area contributed by atoms with Crippen molar-refractivity contribution >= 4 is 29.2 Å². The number of imide groups is 1. The van der Waals surface area contributed by atoms with Gasteiger partial charge in [0.15, 0.2) is 5.75 Å². The van der Waals surface area contributed by atoms with E-state index in [2.05, 4.69) is 15.0 Å². The number of urea groups is 1. The fraction of sp³-hybridized carbons (Fsp3) is 0.259. The van der Waals surface area contributed by atoms with Crippen LogP contribution in [0.4, 0.5) is 29.3 Å². The normalized spacial score (nSPS) is 15.8. The van der Waals surface area contributed by atoms with Crippen LogP contribution in [-0.2, 0) is 22.6 Å². The Morgan fingerprint density at radius 3 is 2.36 bits per heavy atom. The van der Waals surface area contributed by atoms with Gasteiger partial charge in [0.2, 0.25) is 5.91 Å². The molecule has 4 amide bonds. The number of amides is 4.